The van der Waals surface area contributed by atoms with Gasteiger partial charge in [0.05, 0.1) is 0 Å². The van der Waals surface area contributed by atoms with Gasteiger partial charge in [0.15, 0.2) is 5.96 Å². The van der Waals surface area contributed by atoms with Crippen molar-refractivity contribution in [3.05, 3.63) is 35.9 Å². The van der Waals surface area contributed by atoms with Crippen LogP contribution in [0.1, 0.15) is 38.7 Å². The number of nitrogens with one attached hydrogen (secondary N) is 2. The van der Waals surface area contributed by atoms with E-state index in [0.717, 1.165) is 64.3 Å². The van der Waals surface area contributed by atoms with Crippen LogP contribution in [0.5, 0.6) is 0 Å². The van der Waals surface area contributed by atoms with E-state index in [2.05, 4.69) is 15.6 Å². The van der Waals surface area contributed by atoms with E-state index in [1.165, 1.54) is 0 Å². The Labute approximate surface area is 181 Å². The number of amides is 1. The summed E-state index contributed by atoms with van der Waals surface area (Å²) < 4.78 is 11.2. The fourth-order valence-electron chi connectivity index (χ4n) is 3.31. The number of guanidine groups is 1. The van der Waals surface area contributed by atoms with Crippen LogP contribution in [0, 0.1) is 5.92 Å². The summed E-state index contributed by atoms with van der Waals surface area (Å²) in [6.07, 6.45) is 3.10. The van der Waals surface area contributed by atoms with E-state index >= 15 is 0 Å². The molecule has 2 rings (SSSR count). The molecule has 0 aliphatic carbocycles. The topological polar surface area (TPSA) is 75.2 Å². The van der Waals surface area contributed by atoms with Crippen molar-refractivity contribution in [2.45, 2.75) is 39.7 Å². The summed E-state index contributed by atoms with van der Waals surface area (Å²) >= 11 is 0. The first kappa shape index (κ1) is 24.2. The van der Waals surface area contributed by atoms with Crippen LogP contribution in [0.25, 0.3) is 0 Å². The molecule has 30 heavy (non-hydrogen) atoms. The molecule has 0 aromatic heterocycles. The highest BCUT2D eigenvalue weighted by atomic mass is 16.5. The second kappa shape index (κ2) is 14.8. The van der Waals surface area contributed by atoms with Gasteiger partial charge >= 0.3 is 0 Å². The van der Waals surface area contributed by atoms with Crippen LogP contribution in [0.3, 0.4) is 0 Å². The normalized spacial score (nSPS) is 15.1. The number of likely N-dealkylation sites (N-methyl/N-ethyl adjacent to an activating group) is 1. The van der Waals surface area contributed by atoms with Gasteiger partial charge in [-0.05, 0) is 44.6 Å². The molecule has 1 aliphatic rings. The molecule has 1 fully saturated rings. The number of carbonyl (C=O) groups is 1. The monoisotopic (exact) mass is 418 g/mol. The third kappa shape index (κ3) is 9.59. The molecule has 0 radical (unpaired) electrons. The largest absolute Gasteiger partial charge is 0.381 e. The lowest BCUT2D eigenvalue weighted by atomic mass is 10.0. The van der Waals surface area contributed by atoms with Crippen molar-refractivity contribution in [1.29, 1.82) is 0 Å². The van der Waals surface area contributed by atoms with Crippen LogP contribution in [0.2, 0.25) is 0 Å². The summed E-state index contributed by atoms with van der Waals surface area (Å²) in [5.41, 5.74) is 1.13. The van der Waals surface area contributed by atoms with Crippen molar-refractivity contribution in [3.63, 3.8) is 0 Å². The summed E-state index contributed by atoms with van der Waals surface area (Å²) in [4.78, 5) is 18.9. The molecule has 7 nitrogen and oxygen atoms in total. The summed E-state index contributed by atoms with van der Waals surface area (Å²) in [6, 6.07) is 10.0. The molecule has 1 heterocycles. The maximum absolute atomic E-state index is 12.6. The van der Waals surface area contributed by atoms with Crippen molar-refractivity contribution in [2.75, 3.05) is 52.6 Å². The van der Waals surface area contributed by atoms with Crippen LogP contribution >= 0.6 is 0 Å². The molecule has 0 spiro atoms. The molecule has 0 bridgehead atoms. The van der Waals surface area contributed by atoms with Gasteiger partial charge in [-0.1, -0.05) is 30.3 Å². The smallest absolute Gasteiger partial charge is 0.244 e. The van der Waals surface area contributed by atoms with Gasteiger partial charge in [-0.15, -0.1) is 0 Å². The first-order valence-electron chi connectivity index (χ1n) is 11.2. The maximum Gasteiger partial charge on any atom is 0.244 e. The van der Waals surface area contributed by atoms with E-state index < -0.39 is 0 Å². The lowest BCUT2D eigenvalue weighted by molar-refractivity contribution is -0.130. The highest BCUT2D eigenvalue weighted by Gasteiger charge is 2.14. The molecular weight excluding hydrogens is 380 g/mol. The van der Waals surface area contributed by atoms with Crippen LogP contribution < -0.4 is 10.6 Å². The zero-order valence-corrected chi connectivity index (χ0v) is 18.6. The van der Waals surface area contributed by atoms with Crippen molar-refractivity contribution in [3.8, 4) is 0 Å². The number of hydrogen-bond acceptors (Lipinski definition) is 4. The van der Waals surface area contributed by atoms with Crippen LogP contribution in [-0.2, 0) is 20.8 Å². The molecule has 168 valence electrons. The number of benzene rings is 1. The molecule has 0 atom stereocenters. The van der Waals surface area contributed by atoms with Gasteiger partial charge < -0.3 is 25.0 Å². The van der Waals surface area contributed by atoms with Crippen molar-refractivity contribution < 1.29 is 14.3 Å². The average molecular weight is 419 g/mol. The zero-order valence-electron chi connectivity index (χ0n) is 18.6. The van der Waals surface area contributed by atoms with Gasteiger partial charge in [0.2, 0.25) is 5.91 Å². The third-order valence-corrected chi connectivity index (χ3v) is 5.12. The molecule has 0 unspecified atom stereocenters. The number of hydrogen-bond donors (Lipinski definition) is 2. The van der Waals surface area contributed by atoms with Gasteiger partial charge in [0, 0.05) is 52.6 Å². The minimum Gasteiger partial charge on any atom is -0.381 e. The fourth-order valence-corrected chi connectivity index (χ4v) is 3.31. The SMILES string of the molecule is CCNC(=NCC(=O)N(CC)Cc1ccccc1)NCCCOCC1CCOCC1. The summed E-state index contributed by atoms with van der Waals surface area (Å²) in [7, 11) is 0. The highest BCUT2D eigenvalue weighted by molar-refractivity contribution is 5.84. The molecule has 1 saturated heterocycles. The fraction of sp³-hybridized carbons (Fsp3) is 0.652. The summed E-state index contributed by atoms with van der Waals surface area (Å²) in [5, 5.41) is 6.49. The molecule has 0 saturated carbocycles. The predicted molar refractivity (Wildman–Crippen MR) is 120 cm³/mol. The Morgan fingerprint density at radius 1 is 1.20 bits per heavy atom. The molecular formula is C23H38N4O3. The molecule has 1 aromatic carbocycles. The quantitative estimate of drug-likeness (QED) is 0.310. The molecule has 1 amide bonds. The van der Waals surface area contributed by atoms with E-state index in [4.69, 9.17) is 9.47 Å². The Balaban J connectivity index is 1.68. The second-order valence-electron chi connectivity index (χ2n) is 7.50. The number of ether oxygens (including phenoxy) is 2. The van der Waals surface area contributed by atoms with E-state index in [1.54, 1.807) is 0 Å². The standard InChI is InChI=1S/C23H38N4O3/c1-3-24-23(25-13-8-14-30-19-21-11-15-29-16-12-21)26-17-22(28)27(4-2)18-20-9-6-5-7-10-20/h5-7,9-10,21H,3-4,8,11-19H2,1-2H3,(H2,24,25,26). The highest BCUT2D eigenvalue weighted by Crippen LogP contribution is 2.14. The van der Waals surface area contributed by atoms with Gasteiger partial charge in [-0.2, -0.15) is 0 Å². The summed E-state index contributed by atoms with van der Waals surface area (Å²) in [6.45, 7) is 10.2. The number of carbonyl (C=O) groups excluding carboxylic acids is 1. The van der Waals surface area contributed by atoms with E-state index in [0.29, 0.717) is 25.0 Å². The van der Waals surface area contributed by atoms with Gasteiger partial charge in [0.25, 0.3) is 0 Å². The minimum atomic E-state index is 0.0263. The van der Waals surface area contributed by atoms with Gasteiger partial charge in [-0.25, -0.2) is 4.99 Å². The third-order valence-electron chi connectivity index (χ3n) is 5.12. The molecule has 1 aromatic rings. The van der Waals surface area contributed by atoms with Crippen molar-refractivity contribution in [1.82, 2.24) is 15.5 Å². The van der Waals surface area contributed by atoms with Crippen LogP contribution in [0.4, 0.5) is 0 Å². The average Bonchev–Trinajstić information content (AvgIpc) is 2.79. The van der Waals surface area contributed by atoms with Crippen molar-refractivity contribution >= 4 is 11.9 Å². The van der Waals surface area contributed by atoms with Gasteiger partial charge in [0.1, 0.15) is 6.54 Å². The van der Waals surface area contributed by atoms with E-state index in [1.807, 2.05) is 49.1 Å². The Morgan fingerprint density at radius 3 is 2.67 bits per heavy atom. The van der Waals surface area contributed by atoms with E-state index in [-0.39, 0.29) is 12.5 Å². The Hall–Kier alpha value is -2.12. The Kier molecular flexibility index (Phi) is 11.9. The molecule has 2 N–H and O–H groups in total. The maximum atomic E-state index is 12.6. The first-order chi connectivity index (χ1) is 14.7. The number of nitrogens with zero attached hydrogens (tertiary/aromatic N) is 2. The Morgan fingerprint density at radius 2 is 1.97 bits per heavy atom. The lowest BCUT2D eigenvalue weighted by Crippen LogP contribution is -2.39. The second-order valence-corrected chi connectivity index (χ2v) is 7.50. The van der Waals surface area contributed by atoms with Crippen LogP contribution in [0.15, 0.2) is 35.3 Å². The van der Waals surface area contributed by atoms with Crippen molar-refractivity contribution in [2.24, 2.45) is 10.9 Å². The number of aliphatic imine (C=N–C) groups is 1. The van der Waals surface area contributed by atoms with E-state index in [9.17, 15) is 4.79 Å². The predicted octanol–water partition coefficient (Wildman–Crippen LogP) is 2.42. The summed E-state index contributed by atoms with van der Waals surface area (Å²) in [5.74, 6) is 1.33. The minimum absolute atomic E-state index is 0.0263. The Bertz CT molecular complexity index is 618. The number of rotatable bonds is 12. The van der Waals surface area contributed by atoms with Gasteiger partial charge in [-0.3, -0.25) is 4.79 Å². The zero-order chi connectivity index (χ0) is 21.4. The molecule has 7 heteroatoms. The first-order valence-corrected chi connectivity index (χ1v) is 11.2. The lowest BCUT2D eigenvalue weighted by Gasteiger charge is -2.21. The molecule has 1 aliphatic heterocycles. The van der Waals surface area contributed by atoms with Crippen LogP contribution in [-0.4, -0.2) is 69.4 Å².